The Morgan fingerprint density at radius 3 is 2.30 bits per heavy atom. The molecular formula is C16H22F3N. The fraction of sp³-hybridized carbons (Fsp3) is 0.625. The SMILES string of the molecule is CC(C)C1CCC(Nc2cccc(C(F)(F)F)c2)CC1. The largest absolute Gasteiger partial charge is 0.416 e. The van der Waals surface area contributed by atoms with Crippen LogP contribution in [0.4, 0.5) is 18.9 Å². The number of alkyl halides is 3. The molecule has 0 atom stereocenters. The third-order valence-electron chi connectivity index (χ3n) is 4.28. The summed E-state index contributed by atoms with van der Waals surface area (Å²) in [5.41, 5.74) is -0.00816. The van der Waals surface area contributed by atoms with E-state index in [2.05, 4.69) is 19.2 Å². The van der Waals surface area contributed by atoms with Crippen molar-refractivity contribution in [2.75, 3.05) is 5.32 Å². The lowest BCUT2D eigenvalue weighted by molar-refractivity contribution is -0.137. The molecule has 1 nitrogen and oxygen atoms in total. The van der Waals surface area contributed by atoms with E-state index in [1.54, 1.807) is 6.07 Å². The molecule has 0 saturated heterocycles. The molecule has 0 aromatic heterocycles. The minimum Gasteiger partial charge on any atom is -0.382 e. The molecule has 0 aliphatic heterocycles. The maximum Gasteiger partial charge on any atom is 0.416 e. The smallest absolute Gasteiger partial charge is 0.382 e. The van der Waals surface area contributed by atoms with Gasteiger partial charge in [-0.05, 0) is 55.7 Å². The fourth-order valence-corrected chi connectivity index (χ4v) is 2.95. The van der Waals surface area contributed by atoms with Crippen molar-refractivity contribution >= 4 is 5.69 Å². The zero-order valence-corrected chi connectivity index (χ0v) is 12.0. The van der Waals surface area contributed by atoms with E-state index < -0.39 is 11.7 Å². The molecule has 1 saturated carbocycles. The van der Waals surface area contributed by atoms with Crippen LogP contribution in [0.5, 0.6) is 0 Å². The van der Waals surface area contributed by atoms with Gasteiger partial charge in [-0.25, -0.2) is 0 Å². The summed E-state index contributed by atoms with van der Waals surface area (Å²) in [7, 11) is 0. The van der Waals surface area contributed by atoms with Crippen LogP contribution in [0.3, 0.4) is 0 Å². The molecule has 1 N–H and O–H groups in total. The summed E-state index contributed by atoms with van der Waals surface area (Å²) in [6.07, 6.45) is 0.133. The molecule has 4 heteroatoms. The summed E-state index contributed by atoms with van der Waals surface area (Å²) in [5.74, 6) is 1.46. The van der Waals surface area contributed by atoms with Gasteiger partial charge in [0.15, 0.2) is 0 Å². The van der Waals surface area contributed by atoms with Crippen LogP contribution >= 0.6 is 0 Å². The molecule has 0 spiro atoms. The van der Waals surface area contributed by atoms with E-state index in [-0.39, 0.29) is 0 Å². The highest BCUT2D eigenvalue weighted by atomic mass is 19.4. The van der Waals surface area contributed by atoms with E-state index in [0.717, 1.165) is 37.7 Å². The third-order valence-corrected chi connectivity index (χ3v) is 4.28. The van der Waals surface area contributed by atoms with Crippen molar-refractivity contribution in [1.29, 1.82) is 0 Å². The molecule has 1 aromatic carbocycles. The van der Waals surface area contributed by atoms with Crippen molar-refractivity contribution in [3.8, 4) is 0 Å². The number of halogens is 3. The van der Waals surface area contributed by atoms with Gasteiger partial charge in [-0.15, -0.1) is 0 Å². The third kappa shape index (κ3) is 3.90. The minimum absolute atomic E-state index is 0.300. The summed E-state index contributed by atoms with van der Waals surface area (Å²) in [5, 5.41) is 3.25. The normalized spacial score (nSPS) is 23.9. The average molecular weight is 285 g/mol. The highest BCUT2D eigenvalue weighted by Gasteiger charge is 2.30. The monoisotopic (exact) mass is 285 g/mol. The van der Waals surface area contributed by atoms with Gasteiger partial charge < -0.3 is 5.32 Å². The number of nitrogens with one attached hydrogen (secondary N) is 1. The first-order valence-corrected chi connectivity index (χ1v) is 7.30. The Morgan fingerprint density at radius 2 is 1.75 bits per heavy atom. The standard InChI is InChI=1S/C16H22F3N/c1-11(2)12-6-8-14(9-7-12)20-15-5-3-4-13(10-15)16(17,18)19/h3-5,10-12,14,20H,6-9H2,1-2H3. The summed E-state index contributed by atoms with van der Waals surface area (Å²) in [6, 6.07) is 5.79. The highest BCUT2D eigenvalue weighted by molar-refractivity contribution is 5.47. The first-order chi connectivity index (χ1) is 9.36. The minimum atomic E-state index is -4.27. The summed E-state index contributed by atoms with van der Waals surface area (Å²) in [6.45, 7) is 4.48. The predicted octanol–water partition coefficient (Wildman–Crippen LogP) is 5.33. The van der Waals surface area contributed by atoms with Gasteiger partial charge in [-0.1, -0.05) is 19.9 Å². The lowest BCUT2D eigenvalue weighted by Gasteiger charge is -2.32. The van der Waals surface area contributed by atoms with E-state index in [4.69, 9.17) is 0 Å². The molecule has 1 aliphatic rings. The van der Waals surface area contributed by atoms with Crippen LogP contribution in [0.1, 0.15) is 45.1 Å². The van der Waals surface area contributed by atoms with Gasteiger partial charge in [0.2, 0.25) is 0 Å². The molecule has 112 valence electrons. The summed E-state index contributed by atoms with van der Waals surface area (Å²) < 4.78 is 38.0. The molecule has 20 heavy (non-hydrogen) atoms. The predicted molar refractivity (Wildman–Crippen MR) is 75.7 cm³/mol. The lowest BCUT2D eigenvalue weighted by Crippen LogP contribution is -2.28. The molecule has 2 rings (SSSR count). The van der Waals surface area contributed by atoms with E-state index in [1.165, 1.54) is 12.1 Å². The first kappa shape index (κ1) is 15.2. The van der Waals surface area contributed by atoms with Gasteiger partial charge in [-0.3, -0.25) is 0 Å². The summed E-state index contributed by atoms with van der Waals surface area (Å²) >= 11 is 0. The molecular weight excluding hydrogens is 263 g/mol. The lowest BCUT2D eigenvalue weighted by atomic mass is 9.79. The average Bonchev–Trinajstić information content (AvgIpc) is 2.38. The Labute approximate surface area is 118 Å². The Balaban J connectivity index is 1.95. The van der Waals surface area contributed by atoms with Gasteiger partial charge in [0, 0.05) is 11.7 Å². The number of hydrogen-bond acceptors (Lipinski definition) is 1. The van der Waals surface area contributed by atoms with Crippen molar-refractivity contribution < 1.29 is 13.2 Å². The van der Waals surface area contributed by atoms with Gasteiger partial charge in [0.25, 0.3) is 0 Å². The number of rotatable bonds is 3. The molecule has 1 aromatic rings. The van der Waals surface area contributed by atoms with Gasteiger partial charge in [-0.2, -0.15) is 13.2 Å². The molecule has 0 unspecified atom stereocenters. The van der Waals surface area contributed by atoms with Gasteiger partial charge >= 0.3 is 6.18 Å². The van der Waals surface area contributed by atoms with Gasteiger partial charge in [0.05, 0.1) is 5.56 Å². The molecule has 0 amide bonds. The van der Waals surface area contributed by atoms with Crippen LogP contribution in [0.15, 0.2) is 24.3 Å². The Kier molecular flexibility index (Phi) is 4.61. The maximum absolute atomic E-state index is 12.7. The molecule has 0 bridgehead atoms. The van der Waals surface area contributed by atoms with E-state index in [1.807, 2.05) is 0 Å². The second kappa shape index (κ2) is 6.06. The van der Waals surface area contributed by atoms with E-state index in [0.29, 0.717) is 17.6 Å². The van der Waals surface area contributed by atoms with Crippen LogP contribution in [-0.2, 0) is 6.18 Å². The second-order valence-electron chi connectivity index (χ2n) is 6.08. The topological polar surface area (TPSA) is 12.0 Å². The highest BCUT2D eigenvalue weighted by Crippen LogP contribution is 2.33. The fourth-order valence-electron chi connectivity index (χ4n) is 2.95. The van der Waals surface area contributed by atoms with Crippen molar-refractivity contribution in [1.82, 2.24) is 0 Å². The van der Waals surface area contributed by atoms with Crippen LogP contribution in [0.25, 0.3) is 0 Å². The number of hydrogen-bond donors (Lipinski definition) is 1. The zero-order chi connectivity index (χ0) is 14.8. The van der Waals surface area contributed by atoms with Crippen LogP contribution in [0, 0.1) is 11.8 Å². The van der Waals surface area contributed by atoms with Crippen molar-refractivity contribution in [2.24, 2.45) is 11.8 Å². The second-order valence-corrected chi connectivity index (χ2v) is 6.08. The van der Waals surface area contributed by atoms with Crippen molar-refractivity contribution in [2.45, 2.75) is 51.7 Å². The molecule has 1 aliphatic carbocycles. The maximum atomic E-state index is 12.7. The van der Waals surface area contributed by atoms with Crippen LogP contribution < -0.4 is 5.32 Å². The van der Waals surface area contributed by atoms with Gasteiger partial charge in [0.1, 0.15) is 0 Å². The van der Waals surface area contributed by atoms with Crippen molar-refractivity contribution in [3.05, 3.63) is 29.8 Å². The number of anilines is 1. The number of benzene rings is 1. The van der Waals surface area contributed by atoms with E-state index in [9.17, 15) is 13.2 Å². The first-order valence-electron chi connectivity index (χ1n) is 7.30. The Bertz CT molecular complexity index is 432. The van der Waals surface area contributed by atoms with Crippen LogP contribution in [0.2, 0.25) is 0 Å². The summed E-state index contributed by atoms with van der Waals surface area (Å²) in [4.78, 5) is 0. The molecule has 0 radical (unpaired) electrons. The molecule has 0 heterocycles. The van der Waals surface area contributed by atoms with E-state index >= 15 is 0 Å². The Hall–Kier alpha value is -1.19. The zero-order valence-electron chi connectivity index (χ0n) is 12.0. The van der Waals surface area contributed by atoms with Crippen LogP contribution in [-0.4, -0.2) is 6.04 Å². The quantitative estimate of drug-likeness (QED) is 0.791. The molecule has 1 fully saturated rings. The Morgan fingerprint density at radius 1 is 1.10 bits per heavy atom. The van der Waals surface area contributed by atoms with Crippen molar-refractivity contribution in [3.63, 3.8) is 0 Å².